The molecule has 0 aliphatic heterocycles. The average molecular weight is 257 g/mol. The summed E-state index contributed by atoms with van der Waals surface area (Å²) in [5, 5.41) is 15.3. The highest BCUT2D eigenvalue weighted by Crippen LogP contribution is 2.20. The third kappa shape index (κ3) is 3.23. The minimum absolute atomic E-state index is 0.348. The van der Waals surface area contributed by atoms with Gasteiger partial charge >= 0.3 is 5.97 Å². The van der Waals surface area contributed by atoms with E-state index in [1.807, 2.05) is 0 Å². The summed E-state index contributed by atoms with van der Waals surface area (Å²) >= 11 is 0.956. The van der Waals surface area contributed by atoms with Crippen molar-refractivity contribution in [3.63, 3.8) is 0 Å². The lowest BCUT2D eigenvalue weighted by molar-refractivity contribution is -0.142. The highest BCUT2D eigenvalue weighted by Gasteiger charge is 2.33. The van der Waals surface area contributed by atoms with E-state index in [1.54, 1.807) is 27.7 Å². The Morgan fingerprint density at radius 2 is 2.00 bits per heavy atom. The Morgan fingerprint density at radius 3 is 2.35 bits per heavy atom. The number of aryl methyl sites for hydroxylation is 1. The summed E-state index contributed by atoms with van der Waals surface area (Å²) in [4.78, 5) is 23.3. The molecule has 1 aromatic rings. The van der Waals surface area contributed by atoms with Crippen molar-refractivity contribution in [1.82, 2.24) is 14.9 Å². The van der Waals surface area contributed by atoms with Gasteiger partial charge in [-0.25, -0.2) is 4.79 Å². The van der Waals surface area contributed by atoms with Crippen molar-refractivity contribution in [3.05, 3.63) is 10.6 Å². The summed E-state index contributed by atoms with van der Waals surface area (Å²) in [6.45, 7) is 6.92. The molecule has 1 aromatic heterocycles. The van der Waals surface area contributed by atoms with Crippen molar-refractivity contribution in [1.29, 1.82) is 0 Å². The van der Waals surface area contributed by atoms with Crippen LogP contribution in [-0.4, -0.2) is 32.6 Å². The summed E-state index contributed by atoms with van der Waals surface area (Å²) in [5.41, 5.74) is -0.0569. The molecule has 0 saturated heterocycles. The van der Waals surface area contributed by atoms with E-state index >= 15 is 0 Å². The fourth-order valence-corrected chi connectivity index (χ4v) is 1.84. The maximum absolute atomic E-state index is 11.8. The molecule has 2 N–H and O–H groups in total. The zero-order valence-corrected chi connectivity index (χ0v) is 11.0. The molecule has 94 valence electrons. The Balaban J connectivity index is 2.86. The number of nitrogens with zero attached hydrogens (tertiary/aromatic N) is 2. The number of nitrogens with one attached hydrogen (secondary N) is 1. The van der Waals surface area contributed by atoms with E-state index in [-0.39, 0.29) is 0 Å². The molecule has 1 atom stereocenters. The van der Waals surface area contributed by atoms with Crippen LogP contribution in [-0.2, 0) is 4.79 Å². The maximum Gasteiger partial charge on any atom is 0.326 e. The van der Waals surface area contributed by atoms with Crippen LogP contribution in [0.15, 0.2) is 0 Å². The van der Waals surface area contributed by atoms with Crippen molar-refractivity contribution < 1.29 is 14.7 Å². The molecular weight excluding hydrogens is 242 g/mol. The van der Waals surface area contributed by atoms with Gasteiger partial charge in [0.2, 0.25) is 0 Å². The molecule has 0 aromatic carbocycles. The molecule has 1 rings (SSSR count). The van der Waals surface area contributed by atoms with Gasteiger partial charge in [0, 0.05) is 0 Å². The van der Waals surface area contributed by atoms with Crippen molar-refractivity contribution in [3.8, 4) is 0 Å². The quantitative estimate of drug-likeness (QED) is 0.845. The summed E-state index contributed by atoms with van der Waals surface area (Å²) < 4.78 is 3.64. The predicted molar refractivity (Wildman–Crippen MR) is 63.0 cm³/mol. The maximum atomic E-state index is 11.8. The second-order valence-corrected chi connectivity index (χ2v) is 5.55. The first kappa shape index (κ1) is 13.6. The summed E-state index contributed by atoms with van der Waals surface area (Å²) in [7, 11) is 0. The number of carboxylic acid groups (broad SMARTS) is 1. The number of aliphatic carboxylic acids is 1. The molecule has 1 heterocycles. The molecule has 0 spiro atoms. The van der Waals surface area contributed by atoms with Crippen LogP contribution in [0.4, 0.5) is 0 Å². The third-order valence-electron chi connectivity index (χ3n) is 2.25. The SMILES string of the molecule is Cc1nnsc1C(=O)NC(C(=O)O)C(C)(C)C. The summed E-state index contributed by atoms with van der Waals surface area (Å²) in [6, 6.07) is -0.948. The molecule has 7 heteroatoms. The predicted octanol–water partition coefficient (Wildman–Crippen LogP) is 1.08. The fourth-order valence-electron chi connectivity index (χ4n) is 1.29. The number of carboxylic acids is 1. The van der Waals surface area contributed by atoms with Gasteiger partial charge in [-0.2, -0.15) is 0 Å². The summed E-state index contributed by atoms with van der Waals surface area (Å²) in [6.07, 6.45) is 0. The molecule has 1 amide bonds. The van der Waals surface area contributed by atoms with Gasteiger partial charge in [0.25, 0.3) is 5.91 Å². The minimum Gasteiger partial charge on any atom is -0.480 e. The molecule has 0 bridgehead atoms. The number of hydrogen-bond donors (Lipinski definition) is 2. The van der Waals surface area contributed by atoms with Gasteiger partial charge in [-0.15, -0.1) is 5.10 Å². The lowest BCUT2D eigenvalue weighted by Gasteiger charge is -2.27. The van der Waals surface area contributed by atoms with E-state index in [9.17, 15) is 9.59 Å². The lowest BCUT2D eigenvalue weighted by atomic mass is 9.87. The first-order chi connectivity index (χ1) is 7.73. The van der Waals surface area contributed by atoms with Gasteiger partial charge in [-0.05, 0) is 23.9 Å². The van der Waals surface area contributed by atoms with Gasteiger partial charge in [-0.3, -0.25) is 4.79 Å². The van der Waals surface area contributed by atoms with Crippen LogP contribution in [0.5, 0.6) is 0 Å². The average Bonchev–Trinajstić information content (AvgIpc) is 2.58. The van der Waals surface area contributed by atoms with E-state index in [4.69, 9.17) is 5.11 Å². The molecule has 0 saturated carbocycles. The second-order valence-electron chi connectivity index (χ2n) is 4.80. The molecule has 0 aliphatic rings. The zero-order chi connectivity index (χ0) is 13.2. The van der Waals surface area contributed by atoms with Crippen LogP contribution in [0.1, 0.15) is 36.1 Å². The number of aromatic nitrogens is 2. The fraction of sp³-hybridized carbons (Fsp3) is 0.600. The largest absolute Gasteiger partial charge is 0.480 e. The Hall–Kier alpha value is -1.50. The van der Waals surface area contributed by atoms with Crippen LogP contribution < -0.4 is 5.32 Å². The van der Waals surface area contributed by atoms with Crippen molar-refractivity contribution in [2.24, 2.45) is 5.41 Å². The van der Waals surface area contributed by atoms with E-state index < -0.39 is 23.3 Å². The normalized spacial score (nSPS) is 13.2. The smallest absolute Gasteiger partial charge is 0.326 e. The van der Waals surface area contributed by atoms with Gasteiger partial charge in [0.05, 0.1) is 5.69 Å². The monoisotopic (exact) mass is 257 g/mol. The summed E-state index contributed by atoms with van der Waals surface area (Å²) in [5.74, 6) is -1.50. The lowest BCUT2D eigenvalue weighted by Crippen LogP contribution is -2.49. The first-order valence-electron chi connectivity index (χ1n) is 5.06. The van der Waals surface area contributed by atoms with E-state index in [0.29, 0.717) is 10.6 Å². The molecular formula is C10H15N3O3S. The molecule has 17 heavy (non-hydrogen) atoms. The van der Waals surface area contributed by atoms with Crippen LogP contribution in [0, 0.1) is 12.3 Å². The van der Waals surface area contributed by atoms with Crippen molar-refractivity contribution in [2.75, 3.05) is 0 Å². The Labute approximate surface area is 103 Å². The van der Waals surface area contributed by atoms with Crippen LogP contribution in [0.2, 0.25) is 0 Å². The number of rotatable bonds is 3. The number of carbonyl (C=O) groups is 2. The molecule has 0 radical (unpaired) electrons. The molecule has 1 unspecified atom stereocenters. The number of carbonyl (C=O) groups excluding carboxylic acids is 1. The zero-order valence-electron chi connectivity index (χ0n) is 10.1. The van der Waals surface area contributed by atoms with E-state index in [2.05, 4.69) is 14.9 Å². The Morgan fingerprint density at radius 1 is 1.41 bits per heavy atom. The van der Waals surface area contributed by atoms with E-state index in [1.165, 1.54) is 0 Å². The van der Waals surface area contributed by atoms with Crippen molar-refractivity contribution in [2.45, 2.75) is 33.7 Å². The second kappa shape index (κ2) is 4.79. The van der Waals surface area contributed by atoms with Crippen LogP contribution in [0.25, 0.3) is 0 Å². The highest BCUT2D eigenvalue weighted by atomic mass is 32.1. The van der Waals surface area contributed by atoms with Gasteiger partial charge in [-0.1, -0.05) is 25.3 Å². The number of hydrogen-bond acceptors (Lipinski definition) is 5. The molecule has 6 nitrogen and oxygen atoms in total. The Kier molecular flexibility index (Phi) is 3.82. The van der Waals surface area contributed by atoms with Crippen LogP contribution in [0.3, 0.4) is 0 Å². The molecule has 0 fully saturated rings. The van der Waals surface area contributed by atoms with E-state index in [0.717, 1.165) is 11.5 Å². The van der Waals surface area contributed by atoms with Crippen molar-refractivity contribution >= 4 is 23.4 Å². The topological polar surface area (TPSA) is 92.2 Å². The molecule has 0 aliphatic carbocycles. The number of amides is 1. The van der Waals surface area contributed by atoms with Gasteiger partial charge in [0.15, 0.2) is 0 Å². The van der Waals surface area contributed by atoms with Gasteiger partial charge < -0.3 is 10.4 Å². The Bertz CT molecular complexity index is 436. The standard InChI is InChI=1S/C10H15N3O3S/c1-5-6(17-13-12-5)8(14)11-7(9(15)16)10(2,3)4/h7H,1-4H3,(H,11,14)(H,15,16). The third-order valence-corrected chi connectivity index (χ3v) is 3.07. The first-order valence-corrected chi connectivity index (χ1v) is 5.83. The highest BCUT2D eigenvalue weighted by molar-refractivity contribution is 7.08. The van der Waals surface area contributed by atoms with Crippen LogP contribution >= 0.6 is 11.5 Å². The minimum atomic E-state index is -1.05. The van der Waals surface area contributed by atoms with Gasteiger partial charge in [0.1, 0.15) is 10.9 Å².